The summed E-state index contributed by atoms with van der Waals surface area (Å²) in [7, 11) is 0. The molecule has 0 bridgehead atoms. The van der Waals surface area contributed by atoms with E-state index < -0.39 is 5.41 Å². The normalized spacial score (nSPS) is 12.6. The van der Waals surface area contributed by atoms with E-state index in [9.17, 15) is 0 Å². The van der Waals surface area contributed by atoms with Gasteiger partial charge >= 0.3 is 0 Å². The van der Waals surface area contributed by atoms with Crippen LogP contribution in [0.3, 0.4) is 0 Å². The van der Waals surface area contributed by atoms with Crippen LogP contribution in [0.4, 0.5) is 0 Å². The first-order valence-electron chi connectivity index (χ1n) is 21.2. The fourth-order valence-electron chi connectivity index (χ4n) is 9.90. The molecule has 2 heterocycles. The Balaban J connectivity index is 0.954. The summed E-state index contributed by atoms with van der Waals surface area (Å²) in [6.07, 6.45) is 0. The van der Waals surface area contributed by atoms with Gasteiger partial charge in [0, 0.05) is 33.2 Å². The maximum Gasteiger partial charge on any atom is 0.160 e. The average Bonchev–Trinajstić information content (AvgIpc) is 3.85. The summed E-state index contributed by atoms with van der Waals surface area (Å²) in [5.74, 6) is 0.694. The topological polar surface area (TPSA) is 30.7 Å². The van der Waals surface area contributed by atoms with Crippen LogP contribution >= 0.6 is 0 Å². The quantitative estimate of drug-likeness (QED) is 0.161. The van der Waals surface area contributed by atoms with Crippen molar-refractivity contribution in [2.45, 2.75) is 5.41 Å². The van der Waals surface area contributed by atoms with Gasteiger partial charge in [-0.1, -0.05) is 200 Å². The van der Waals surface area contributed by atoms with E-state index in [1.54, 1.807) is 0 Å². The smallest absolute Gasteiger partial charge is 0.160 e. The number of hydrogen-bond donors (Lipinski definition) is 0. The van der Waals surface area contributed by atoms with Gasteiger partial charge in [-0.25, -0.2) is 9.97 Å². The molecule has 0 N–H and O–H groups in total. The summed E-state index contributed by atoms with van der Waals surface area (Å²) in [5.41, 5.74) is 17.7. The van der Waals surface area contributed by atoms with Crippen molar-refractivity contribution in [2.75, 3.05) is 0 Å². The molecule has 0 fully saturated rings. The van der Waals surface area contributed by atoms with Gasteiger partial charge in [-0.2, -0.15) is 0 Å². The molecule has 0 spiro atoms. The zero-order valence-electron chi connectivity index (χ0n) is 33.9. The lowest BCUT2D eigenvalue weighted by atomic mass is 9.67. The fraction of sp³-hybridized carbons (Fsp3) is 0.0169. The molecule has 0 amide bonds. The summed E-state index contributed by atoms with van der Waals surface area (Å²) < 4.78 is 2.36. The lowest BCUT2D eigenvalue weighted by molar-refractivity contribution is 0.768. The average molecular weight is 790 g/mol. The second-order valence-electron chi connectivity index (χ2n) is 16.1. The van der Waals surface area contributed by atoms with E-state index in [0.717, 1.165) is 44.9 Å². The van der Waals surface area contributed by atoms with Crippen molar-refractivity contribution in [1.29, 1.82) is 0 Å². The molecule has 0 aliphatic heterocycles. The maximum absolute atomic E-state index is 5.35. The van der Waals surface area contributed by atoms with E-state index in [2.05, 4.69) is 235 Å². The summed E-state index contributed by atoms with van der Waals surface area (Å²) in [6, 6.07) is 85.0. The SMILES string of the molecule is c1ccc(-c2cc(-c3ccc(-c4ccc(-n5c6ccccc6c6ccccc65)cc4)cc3)nc(-c3ccc4c(c3)C(c3ccccc3)(c3ccccc3)c3ccccc3-4)n2)cc1. The van der Waals surface area contributed by atoms with Crippen molar-refractivity contribution >= 4 is 21.8 Å². The first kappa shape index (κ1) is 35.8. The molecule has 0 saturated heterocycles. The fourth-order valence-corrected chi connectivity index (χ4v) is 9.90. The molecule has 9 aromatic carbocycles. The predicted molar refractivity (Wildman–Crippen MR) is 255 cm³/mol. The van der Waals surface area contributed by atoms with Crippen LogP contribution in [0.15, 0.2) is 237 Å². The van der Waals surface area contributed by atoms with Gasteiger partial charge in [0.1, 0.15) is 0 Å². The highest BCUT2D eigenvalue weighted by Crippen LogP contribution is 2.56. The number of nitrogens with zero attached hydrogens (tertiary/aromatic N) is 3. The van der Waals surface area contributed by atoms with Crippen LogP contribution in [-0.2, 0) is 5.41 Å². The summed E-state index contributed by atoms with van der Waals surface area (Å²) >= 11 is 0. The zero-order valence-corrected chi connectivity index (χ0v) is 33.9. The van der Waals surface area contributed by atoms with Gasteiger partial charge in [0.15, 0.2) is 5.82 Å². The highest BCUT2D eigenvalue weighted by Gasteiger charge is 2.46. The van der Waals surface area contributed by atoms with Crippen LogP contribution in [0.25, 0.3) is 83.6 Å². The third-order valence-electron chi connectivity index (χ3n) is 12.7. The number of para-hydroxylation sites is 2. The van der Waals surface area contributed by atoms with Crippen LogP contribution in [0, 0.1) is 0 Å². The number of rotatable bonds is 7. The predicted octanol–water partition coefficient (Wildman–Crippen LogP) is 14.6. The Bertz CT molecular complexity index is 3330. The molecule has 1 aliphatic carbocycles. The minimum absolute atomic E-state index is 0.512. The molecular weight excluding hydrogens is 751 g/mol. The Morgan fingerprint density at radius 1 is 0.323 bits per heavy atom. The van der Waals surface area contributed by atoms with E-state index in [1.807, 2.05) is 6.07 Å². The number of aromatic nitrogens is 3. The Kier molecular flexibility index (Phi) is 8.39. The molecule has 290 valence electrons. The van der Waals surface area contributed by atoms with E-state index in [0.29, 0.717) is 5.82 Å². The van der Waals surface area contributed by atoms with Gasteiger partial charge in [-0.15, -0.1) is 0 Å². The van der Waals surface area contributed by atoms with Gasteiger partial charge in [-0.05, 0) is 80.9 Å². The van der Waals surface area contributed by atoms with Gasteiger partial charge in [0.25, 0.3) is 0 Å². The van der Waals surface area contributed by atoms with Gasteiger partial charge < -0.3 is 4.57 Å². The monoisotopic (exact) mass is 789 g/mol. The molecule has 12 rings (SSSR count). The molecule has 11 aromatic rings. The van der Waals surface area contributed by atoms with Crippen molar-refractivity contribution in [3.63, 3.8) is 0 Å². The molecule has 2 aromatic heterocycles. The van der Waals surface area contributed by atoms with Crippen molar-refractivity contribution in [3.8, 4) is 61.8 Å². The molecule has 0 unspecified atom stereocenters. The van der Waals surface area contributed by atoms with Crippen molar-refractivity contribution in [2.24, 2.45) is 0 Å². The molecule has 3 nitrogen and oxygen atoms in total. The van der Waals surface area contributed by atoms with E-state index in [-0.39, 0.29) is 0 Å². The van der Waals surface area contributed by atoms with E-state index in [4.69, 9.17) is 9.97 Å². The van der Waals surface area contributed by atoms with Crippen LogP contribution in [0.2, 0.25) is 0 Å². The number of benzene rings is 9. The highest BCUT2D eigenvalue weighted by molar-refractivity contribution is 6.09. The largest absolute Gasteiger partial charge is 0.309 e. The van der Waals surface area contributed by atoms with Crippen molar-refractivity contribution in [3.05, 3.63) is 259 Å². The summed E-state index contributed by atoms with van der Waals surface area (Å²) in [6.45, 7) is 0. The Morgan fingerprint density at radius 2 is 0.774 bits per heavy atom. The zero-order chi connectivity index (χ0) is 41.0. The van der Waals surface area contributed by atoms with Gasteiger partial charge in [0.05, 0.1) is 27.8 Å². The third-order valence-corrected chi connectivity index (χ3v) is 12.7. The number of fused-ring (bicyclic) bond motifs is 6. The van der Waals surface area contributed by atoms with Crippen molar-refractivity contribution in [1.82, 2.24) is 14.5 Å². The first-order chi connectivity index (χ1) is 30.7. The molecule has 0 atom stereocenters. The first-order valence-corrected chi connectivity index (χ1v) is 21.2. The molecular formula is C59H39N3. The number of hydrogen-bond acceptors (Lipinski definition) is 2. The minimum atomic E-state index is -0.512. The Labute approximate surface area is 360 Å². The Hall–Kier alpha value is -8.14. The van der Waals surface area contributed by atoms with E-state index >= 15 is 0 Å². The lowest BCUT2D eigenvalue weighted by Gasteiger charge is -2.34. The summed E-state index contributed by atoms with van der Waals surface area (Å²) in [4.78, 5) is 10.6. The van der Waals surface area contributed by atoms with Gasteiger partial charge in [-0.3, -0.25) is 0 Å². The van der Waals surface area contributed by atoms with E-state index in [1.165, 1.54) is 55.2 Å². The second kappa shape index (κ2) is 14.5. The lowest BCUT2D eigenvalue weighted by Crippen LogP contribution is -2.28. The standard InChI is InChI=1S/C59H39N3/c1-4-16-42(17-5-1)54-39-55(43-30-28-40(29-31-43)41-32-35-47(36-33-41)62-56-26-14-11-23-50(56)51-24-12-15-27-57(51)62)61-58(60-54)44-34-37-49-48-22-10-13-25-52(48)59(53(49)38-44,45-18-6-2-7-19-45)46-20-8-3-9-21-46/h1-39H. The van der Waals surface area contributed by atoms with Gasteiger partial charge in [0.2, 0.25) is 0 Å². The summed E-state index contributed by atoms with van der Waals surface area (Å²) in [5, 5.41) is 2.53. The molecule has 0 radical (unpaired) electrons. The van der Waals surface area contributed by atoms with Crippen LogP contribution in [-0.4, -0.2) is 14.5 Å². The molecule has 1 aliphatic rings. The van der Waals surface area contributed by atoms with Crippen molar-refractivity contribution < 1.29 is 0 Å². The Morgan fingerprint density at radius 3 is 1.39 bits per heavy atom. The molecule has 3 heteroatoms. The van der Waals surface area contributed by atoms with Crippen LogP contribution in [0.1, 0.15) is 22.3 Å². The van der Waals surface area contributed by atoms with Crippen LogP contribution < -0.4 is 0 Å². The second-order valence-corrected chi connectivity index (χ2v) is 16.1. The molecule has 62 heavy (non-hydrogen) atoms. The third kappa shape index (κ3) is 5.67. The molecule has 0 saturated carbocycles. The maximum atomic E-state index is 5.35. The minimum Gasteiger partial charge on any atom is -0.309 e. The van der Waals surface area contributed by atoms with Crippen LogP contribution in [0.5, 0.6) is 0 Å². The highest BCUT2D eigenvalue weighted by atomic mass is 15.0.